The second-order valence-electron chi connectivity index (χ2n) is 6.23. The first kappa shape index (κ1) is 18.5. The number of hydrogen-bond donors (Lipinski definition) is 2. The molecule has 0 aliphatic heterocycles. The number of carbonyl (C=O) groups excluding carboxylic acids is 2. The van der Waals surface area contributed by atoms with Crippen molar-refractivity contribution in [2.75, 3.05) is 7.05 Å². The normalized spacial score (nSPS) is 19.5. The van der Waals surface area contributed by atoms with Gasteiger partial charge in [0.25, 0.3) is 0 Å². The van der Waals surface area contributed by atoms with Gasteiger partial charge in [-0.1, -0.05) is 34.1 Å². The van der Waals surface area contributed by atoms with Crippen LogP contribution < -0.4 is 10.6 Å². The summed E-state index contributed by atoms with van der Waals surface area (Å²) in [6, 6.07) is 9.81. The molecule has 0 saturated heterocycles. The average molecular weight is 423 g/mol. The molecule has 0 aromatic heterocycles. The fourth-order valence-corrected chi connectivity index (χ4v) is 3.21. The Morgan fingerprint density at radius 1 is 1.12 bits per heavy atom. The molecule has 2 N–H and O–H groups in total. The van der Waals surface area contributed by atoms with E-state index >= 15 is 0 Å². The van der Waals surface area contributed by atoms with Crippen molar-refractivity contribution in [3.8, 4) is 0 Å². The van der Waals surface area contributed by atoms with E-state index in [0.29, 0.717) is 6.42 Å². The molecule has 2 amide bonds. The van der Waals surface area contributed by atoms with Gasteiger partial charge in [-0.3, -0.25) is 9.59 Å². The van der Waals surface area contributed by atoms with Crippen LogP contribution in [0.4, 0.5) is 8.78 Å². The minimum Gasteiger partial charge on any atom is -0.357 e. The van der Waals surface area contributed by atoms with E-state index in [1.54, 1.807) is 0 Å². The first-order valence-corrected chi connectivity index (χ1v) is 8.92. The fourth-order valence-electron chi connectivity index (χ4n) is 2.95. The Bertz CT molecular complexity index is 842. The molecule has 1 fully saturated rings. The molecular weight excluding hydrogens is 406 g/mol. The largest absolute Gasteiger partial charge is 0.357 e. The number of amides is 2. The highest BCUT2D eigenvalue weighted by atomic mass is 79.9. The lowest BCUT2D eigenvalue weighted by atomic mass is 10.0. The minimum absolute atomic E-state index is 0.0957. The smallest absolute Gasteiger partial charge is 0.246 e. The summed E-state index contributed by atoms with van der Waals surface area (Å²) in [7, 11) is 1.42. The number of nitrogens with one attached hydrogen (secondary N) is 2. The maximum Gasteiger partial charge on any atom is 0.246 e. The van der Waals surface area contributed by atoms with Gasteiger partial charge in [0.2, 0.25) is 11.8 Å². The number of rotatable bonds is 5. The summed E-state index contributed by atoms with van der Waals surface area (Å²) in [6.45, 7) is 0. The standard InChI is InChI=1S/C19H17BrF2N2O2/c1-23-19(26)17(11-4-7-15(21)16(22)8-11)24-18(25)14-9-13(14)10-2-5-12(20)6-3-10/h2-8,13-14,17H,9H2,1H3,(H,23,26)(H,24,25). The van der Waals surface area contributed by atoms with Crippen LogP contribution in [0, 0.1) is 17.6 Å². The van der Waals surface area contributed by atoms with Crippen LogP contribution in [0.2, 0.25) is 0 Å². The molecule has 0 spiro atoms. The Morgan fingerprint density at radius 2 is 1.81 bits per heavy atom. The zero-order valence-corrected chi connectivity index (χ0v) is 15.5. The van der Waals surface area contributed by atoms with Gasteiger partial charge in [0.15, 0.2) is 11.6 Å². The molecule has 1 saturated carbocycles. The highest BCUT2D eigenvalue weighted by molar-refractivity contribution is 9.10. The van der Waals surface area contributed by atoms with Crippen LogP contribution in [0.1, 0.15) is 29.5 Å². The minimum atomic E-state index is -1.08. The van der Waals surface area contributed by atoms with Gasteiger partial charge in [0.1, 0.15) is 6.04 Å². The lowest BCUT2D eigenvalue weighted by molar-refractivity contribution is -0.129. The molecule has 0 bridgehead atoms. The Morgan fingerprint density at radius 3 is 2.42 bits per heavy atom. The molecule has 1 aliphatic carbocycles. The van der Waals surface area contributed by atoms with Crippen LogP contribution in [0.15, 0.2) is 46.9 Å². The third-order valence-corrected chi connectivity index (χ3v) is 5.03. The van der Waals surface area contributed by atoms with Gasteiger partial charge in [-0.25, -0.2) is 8.78 Å². The molecule has 26 heavy (non-hydrogen) atoms. The third-order valence-electron chi connectivity index (χ3n) is 4.50. The Hall–Kier alpha value is -2.28. The second kappa shape index (κ2) is 7.53. The molecule has 0 heterocycles. The molecule has 3 atom stereocenters. The van der Waals surface area contributed by atoms with Crippen molar-refractivity contribution < 1.29 is 18.4 Å². The lowest BCUT2D eigenvalue weighted by Gasteiger charge is -2.18. The van der Waals surface area contributed by atoms with Gasteiger partial charge in [-0.05, 0) is 47.7 Å². The first-order valence-electron chi connectivity index (χ1n) is 8.13. The Balaban J connectivity index is 1.73. The summed E-state index contributed by atoms with van der Waals surface area (Å²) in [6.07, 6.45) is 0.686. The zero-order chi connectivity index (χ0) is 18.8. The van der Waals surface area contributed by atoms with Gasteiger partial charge >= 0.3 is 0 Å². The van der Waals surface area contributed by atoms with Crippen molar-refractivity contribution in [3.63, 3.8) is 0 Å². The lowest BCUT2D eigenvalue weighted by Crippen LogP contribution is -2.40. The molecule has 3 rings (SSSR count). The van der Waals surface area contributed by atoms with E-state index in [0.717, 1.165) is 22.2 Å². The topological polar surface area (TPSA) is 58.2 Å². The quantitative estimate of drug-likeness (QED) is 0.775. The second-order valence-corrected chi connectivity index (χ2v) is 7.15. The van der Waals surface area contributed by atoms with E-state index in [2.05, 4.69) is 26.6 Å². The van der Waals surface area contributed by atoms with Crippen molar-refractivity contribution in [3.05, 3.63) is 69.7 Å². The maximum absolute atomic E-state index is 13.5. The summed E-state index contributed by atoms with van der Waals surface area (Å²) in [5.74, 6) is -2.99. The van der Waals surface area contributed by atoms with Crippen LogP contribution in [0.25, 0.3) is 0 Å². The molecule has 3 unspecified atom stereocenters. The molecular formula is C19H17BrF2N2O2. The van der Waals surface area contributed by atoms with Gasteiger partial charge in [0, 0.05) is 17.4 Å². The molecule has 2 aromatic carbocycles. The Kier molecular flexibility index (Phi) is 5.36. The van der Waals surface area contributed by atoms with E-state index in [-0.39, 0.29) is 23.3 Å². The summed E-state index contributed by atoms with van der Waals surface area (Å²) >= 11 is 3.37. The molecule has 136 valence electrons. The van der Waals surface area contributed by atoms with Gasteiger partial charge in [-0.15, -0.1) is 0 Å². The predicted octanol–water partition coefficient (Wildman–Crippen LogP) is 3.43. The highest BCUT2D eigenvalue weighted by Crippen LogP contribution is 2.48. The number of halogens is 3. The predicted molar refractivity (Wildman–Crippen MR) is 96.3 cm³/mol. The van der Waals surface area contributed by atoms with Gasteiger partial charge < -0.3 is 10.6 Å². The summed E-state index contributed by atoms with van der Waals surface area (Å²) < 4.78 is 27.6. The summed E-state index contributed by atoms with van der Waals surface area (Å²) in [5, 5.41) is 5.09. The van der Waals surface area contributed by atoms with Crippen molar-refractivity contribution in [2.24, 2.45) is 5.92 Å². The number of hydrogen-bond acceptors (Lipinski definition) is 2. The highest BCUT2D eigenvalue weighted by Gasteiger charge is 2.44. The van der Waals surface area contributed by atoms with E-state index < -0.39 is 23.6 Å². The van der Waals surface area contributed by atoms with E-state index in [4.69, 9.17) is 0 Å². The number of carbonyl (C=O) groups is 2. The number of benzene rings is 2. The fraction of sp³-hybridized carbons (Fsp3) is 0.263. The van der Waals surface area contributed by atoms with Crippen LogP contribution in [0.3, 0.4) is 0 Å². The molecule has 7 heteroatoms. The first-order chi connectivity index (χ1) is 12.4. The molecule has 1 aliphatic rings. The molecule has 4 nitrogen and oxygen atoms in total. The summed E-state index contributed by atoms with van der Waals surface area (Å²) in [5.41, 5.74) is 1.25. The maximum atomic E-state index is 13.5. The zero-order valence-electron chi connectivity index (χ0n) is 13.9. The van der Waals surface area contributed by atoms with Crippen molar-refractivity contribution in [2.45, 2.75) is 18.4 Å². The average Bonchev–Trinajstić information content (AvgIpc) is 3.43. The van der Waals surface area contributed by atoms with Crippen LogP contribution in [-0.4, -0.2) is 18.9 Å². The van der Waals surface area contributed by atoms with Crippen LogP contribution in [0.5, 0.6) is 0 Å². The van der Waals surface area contributed by atoms with Crippen molar-refractivity contribution >= 4 is 27.7 Å². The third kappa shape index (κ3) is 3.93. The van der Waals surface area contributed by atoms with E-state index in [1.165, 1.54) is 13.1 Å². The number of likely N-dealkylation sites (N-methyl/N-ethyl adjacent to an activating group) is 1. The molecule has 2 aromatic rings. The van der Waals surface area contributed by atoms with E-state index in [1.807, 2.05) is 24.3 Å². The Labute approximate surface area is 158 Å². The van der Waals surface area contributed by atoms with Crippen molar-refractivity contribution in [1.29, 1.82) is 0 Å². The SMILES string of the molecule is CNC(=O)C(NC(=O)C1CC1c1ccc(Br)cc1)c1ccc(F)c(F)c1. The van der Waals surface area contributed by atoms with Crippen LogP contribution >= 0.6 is 15.9 Å². The molecule has 0 radical (unpaired) electrons. The van der Waals surface area contributed by atoms with Gasteiger partial charge in [-0.2, -0.15) is 0 Å². The van der Waals surface area contributed by atoms with E-state index in [9.17, 15) is 18.4 Å². The summed E-state index contributed by atoms with van der Waals surface area (Å²) in [4.78, 5) is 24.7. The monoisotopic (exact) mass is 422 g/mol. The van der Waals surface area contributed by atoms with Crippen LogP contribution in [-0.2, 0) is 9.59 Å². The van der Waals surface area contributed by atoms with Crippen molar-refractivity contribution in [1.82, 2.24) is 10.6 Å². The van der Waals surface area contributed by atoms with Gasteiger partial charge in [0.05, 0.1) is 0 Å².